The maximum absolute atomic E-state index is 4.69. The van der Waals surface area contributed by atoms with Crippen LogP contribution in [0.2, 0.25) is 0 Å². The lowest BCUT2D eigenvalue weighted by molar-refractivity contribution is -0.913. The van der Waals surface area contributed by atoms with Gasteiger partial charge >= 0.3 is 0 Å². The number of pyridine rings is 1. The van der Waals surface area contributed by atoms with Crippen LogP contribution in [0.5, 0.6) is 0 Å². The van der Waals surface area contributed by atoms with Gasteiger partial charge in [0.25, 0.3) is 0 Å². The van der Waals surface area contributed by atoms with Crippen LogP contribution in [-0.2, 0) is 0 Å². The molecule has 3 heteroatoms. The van der Waals surface area contributed by atoms with Crippen LogP contribution in [0.3, 0.4) is 0 Å². The standard InChI is InChI=1S/C19H21N3/c1-14-18(15-8-2-3-9-16(15)21-14)19(22-12-6-7-13-22)17-10-4-5-11-20-17/h2-5,8-11,19,21H,6-7,12-13H2,1H3/p+1/t19-/m1/s1. The molecule has 3 aromatic rings. The molecule has 1 aromatic carbocycles. The van der Waals surface area contributed by atoms with Gasteiger partial charge in [0.1, 0.15) is 5.69 Å². The van der Waals surface area contributed by atoms with E-state index in [1.807, 2.05) is 12.3 Å². The zero-order valence-electron chi connectivity index (χ0n) is 13.0. The molecule has 0 amide bonds. The summed E-state index contributed by atoms with van der Waals surface area (Å²) >= 11 is 0. The van der Waals surface area contributed by atoms with Crippen molar-refractivity contribution >= 4 is 10.9 Å². The Morgan fingerprint density at radius 3 is 2.59 bits per heavy atom. The van der Waals surface area contributed by atoms with Crippen LogP contribution in [0.4, 0.5) is 0 Å². The van der Waals surface area contributed by atoms with E-state index in [9.17, 15) is 0 Å². The number of fused-ring (bicyclic) bond motifs is 1. The topological polar surface area (TPSA) is 33.1 Å². The zero-order chi connectivity index (χ0) is 14.9. The second kappa shape index (κ2) is 5.58. The van der Waals surface area contributed by atoms with Gasteiger partial charge in [-0.3, -0.25) is 4.98 Å². The zero-order valence-corrected chi connectivity index (χ0v) is 13.0. The minimum absolute atomic E-state index is 0.333. The normalized spacial score (nSPS) is 17.1. The third-order valence-corrected chi connectivity index (χ3v) is 4.87. The Hall–Kier alpha value is -2.13. The molecule has 0 bridgehead atoms. The summed E-state index contributed by atoms with van der Waals surface area (Å²) in [6, 6.07) is 15.3. The van der Waals surface area contributed by atoms with Gasteiger partial charge in [-0.05, 0) is 25.1 Å². The third kappa shape index (κ3) is 2.22. The van der Waals surface area contributed by atoms with Crippen LogP contribution in [0.15, 0.2) is 48.7 Å². The molecular weight excluding hydrogens is 270 g/mol. The highest BCUT2D eigenvalue weighted by atomic mass is 15.2. The van der Waals surface area contributed by atoms with Crippen molar-refractivity contribution in [2.24, 2.45) is 0 Å². The van der Waals surface area contributed by atoms with E-state index in [-0.39, 0.29) is 0 Å². The highest BCUT2D eigenvalue weighted by molar-refractivity contribution is 5.85. The number of aromatic amines is 1. The number of nitrogens with one attached hydrogen (secondary N) is 2. The molecule has 0 aliphatic carbocycles. The highest BCUT2D eigenvalue weighted by Crippen LogP contribution is 2.29. The summed E-state index contributed by atoms with van der Waals surface area (Å²) in [7, 11) is 0. The molecule has 0 saturated carbocycles. The minimum atomic E-state index is 0.333. The van der Waals surface area contributed by atoms with E-state index in [1.54, 1.807) is 4.90 Å². The fraction of sp³-hybridized carbons (Fsp3) is 0.316. The van der Waals surface area contributed by atoms with E-state index >= 15 is 0 Å². The van der Waals surface area contributed by atoms with Crippen LogP contribution in [0.1, 0.15) is 35.8 Å². The molecule has 1 atom stereocenters. The average molecular weight is 292 g/mol. The molecular formula is C19H22N3+. The summed E-state index contributed by atoms with van der Waals surface area (Å²) in [5.74, 6) is 0. The fourth-order valence-electron chi connectivity index (χ4n) is 3.90. The van der Waals surface area contributed by atoms with Gasteiger partial charge in [-0.15, -0.1) is 0 Å². The first-order valence-electron chi connectivity index (χ1n) is 8.17. The lowest BCUT2D eigenvalue weighted by atomic mass is 9.98. The number of hydrogen-bond acceptors (Lipinski definition) is 1. The fourth-order valence-corrected chi connectivity index (χ4v) is 3.90. The predicted octanol–water partition coefficient (Wildman–Crippen LogP) is 2.64. The second-order valence-corrected chi connectivity index (χ2v) is 6.26. The predicted molar refractivity (Wildman–Crippen MR) is 89.0 cm³/mol. The Balaban J connectivity index is 1.91. The van der Waals surface area contributed by atoms with E-state index in [4.69, 9.17) is 4.98 Å². The Kier molecular flexibility index (Phi) is 3.43. The molecule has 3 heterocycles. The van der Waals surface area contributed by atoms with Gasteiger partial charge in [-0.2, -0.15) is 0 Å². The molecule has 1 saturated heterocycles. The van der Waals surface area contributed by atoms with Gasteiger partial charge in [-0.25, -0.2) is 0 Å². The van der Waals surface area contributed by atoms with Crippen molar-refractivity contribution in [1.29, 1.82) is 0 Å². The molecule has 4 rings (SSSR count). The first-order chi connectivity index (χ1) is 10.8. The lowest BCUT2D eigenvalue weighted by Crippen LogP contribution is -3.10. The van der Waals surface area contributed by atoms with E-state index in [0.717, 1.165) is 0 Å². The first kappa shape index (κ1) is 13.5. The largest absolute Gasteiger partial charge is 0.358 e. The average Bonchev–Trinajstić information content (AvgIpc) is 3.18. The van der Waals surface area contributed by atoms with Gasteiger partial charge in [0, 0.05) is 41.2 Å². The summed E-state index contributed by atoms with van der Waals surface area (Å²) in [6.07, 6.45) is 4.56. The SMILES string of the molecule is Cc1[nH]c2ccccc2c1[C@@H](c1ccccn1)[NH+]1CCCC1. The molecule has 2 aromatic heterocycles. The molecule has 1 fully saturated rings. The van der Waals surface area contributed by atoms with E-state index in [2.05, 4.69) is 48.3 Å². The minimum Gasteiger partial charge on any atom is -0.358 e. The van der Waals surface area contributed by atoms with Crippen LogP contribution < -0.4 is 4.90 Å². The second-order valence-electron chi connectivity index (χ2n) is 6.26. The van der Waals surface area contributed by atoms with E-state index in [1.165, 1.54) is 53.8 Å². The Morgan fingerprint density at radius 2 is 1.82 bits per heavy atom. The number of aromatic nitrogens is 2. The summed E-state index contributed by atoms with van der Waals surface area (Å²) in [4.78, 5) is 9.90. The number of rotatable bonds is 3. The van der Waals surface area contributed by atoms with Gasteiger partial charge < -0.3 is 9.88 Å². The number of H-pyrrole nitrogens is 1. The Morgan fingerprint density at radius 1 is 1.05 bits per heavy atom. The van der Waals surface area contributed by atoms with E-state index < -0.39 is 0 Å². The maximum Gasteiger partial charge on any atom is 0.158 e. The van der Waals surface area contributed by atoms with E-state index in [0.29, 0.717) is 6.04 Å². The van der Waals surface area contributed by atoms with Crippen molar-refractivity contribution in [3.63, 3.8) is 0 Å². The number of nitrogens with zero attached hydrogens (tertiary/aromatic N) is 1. The number of likely N-dealkylation sites (tertiary alicyclic amines) is 1. The maximum atomic E-state index is 4.69. The Bertz CT molecular complexity index is 770. The molecule has 1 aliphatic heterocycles. The molecule has 22 heavy (non-hydrogen) atoms. The molecule has 3 nitrogen and oxygen atoms in total. The molecule has 0 unspecified atom stereocenters. The number of aryl methyl sites for hydroxylation is 1. The first-order valence-corrected chi connectivity index (χ1v) is 8.17. The third-order valence-electron chi connectivity index (χ3n) is 4.87. The van der Waals surface area contributed by atoms with Gasteiger partial charge in [0.05, 0.1) is 13.1 Å². The van der Waals surface area contributed by atoms with Crippen molar-refractivity contribution in [2.45, 2.75) is 25.8 Å². The van der Waals surface area contributed by atoms with Crippen LogP contribution in [-0.4, -0.2) is 23.1 Å². The van der Waals surface area contributed by atoms with Crippen molar-refractivity contribution < 1.29 is 4.90 Å². The summed E-state index contributed by atoms with van der Waals surface area (Å²) in [5, 5.41) is 1.34. The molecule has 0 spiro atoms. The number of hydrogen-bond donors (Lipinski definition) is 2. The van der Waals surface area contributed by atoms with Gasteiger partial charge in [-0.1, -0.05) is 24.3 Å². The number of benzene rings is 1. The highest BCUT2D eigenvalue weighted by Gasteiger charge is 2.33. The van der Waals surface area contributed by atoms with Gasteiger partial charge in [0.15, 0.2) is 6.04 Å². The quantitative estimate of drug-likeness (QED) is 0.764. The molecule has 112 valence electrons. The van der Waals surface area contributed by atoms with Crippen molar-refractivity contribution in [3.05, 3.63) is 65.6 Å². The summed E-state index contributed by atoms with van der Waals surface area (Å²) in [6.45, 7) is 4.67. The van der Waals surface area contributed by atoms with Crippen molar-refractivity contribution in [1.82, 2.24) is 9.97 Å². The smallest absolute Gasteiger partial charge is 0.158 e. The molecule has 0 radical (unpaired) electrons. The number of para-hydroxylation sites is 1. The van der Waals surface area contributed by atoms with Crippen molar-refractivity contribution in [3.8, 4) is 0 Å². The van der Waals surface area contributed by atoms with Crippen LogP contribution >= 0.6 is 0 Å². The van der Waals surface area contributed by atoms with Gasteiger partial charge in [0.2, 0.25) is 0 Å². The van der Waals surface area contributed by atoms with Crippen LogP contribution in [0, 0.1) is 6.92 Å². The molecule has 1 aliphatic rings. The summed E-state index contributed by atoms with van der Waals surface area (Å²) in [5.41, 5.74) is 5.12. The molecule has 2 N–H and O–H groups in total. The van der Waals surface area contributed by atoms with Crippen LogP contribution in [0.25, 0.3) is 10.9 Å². The Labute approximate surface area is 131 Å². The summed E-state index contributed by atoms with van der Waals surface area (Å²) < 4.78 is 0. The monoisotopic (exact) mass is 292 g/mol. The number of quaternary nitrogens is 1. The lowest BCUT2D eigenvalue weighted by Gasteiger charge is -2.24. The van der Waals surface area contributed by atoms with Crippen molar-refractivity contribution in [2.75, 3.05) is 13.1 Å².